The molecule has 3 rings (SSSR count). The van der Waals surface area contributed by atoms with Gasteiger partial charge in [-0.15, -0.1) is 0 Å². The van der Waals surface area contributed by atoms with Crippen molar-refractivity contribution in [3.05, 3.63) is 0 Å². The van der Waals surface area contributed by atoms with Gasteiger partial charge < -0.3 is 19.7 Å². The maximum absolute atomic E-state index is 12.3. The van der Waals surface area contributed by atoms with Gasteiger partial charge in [0.1, 0.15) is 11.2 Å². The molecule has 5 nitrogen and oxygen atoms in total. The average molecular weight is 310 g/mol. The molecule has 0 bridgehead atoms. The van der Waals surface area contributed by atoms with E-state index in [2.05, 4.69) is 5.32 Å². The van der Waals surface area contributed by atoms with Crippen molar-refractivity contribution in [2.75, 3.05) is 26.2 Å². The van der Waals surface area contributed by atoms with Crippen LogP contribution in [-0.4, -0.2) is 54.5 Å². The smallest absolute Gasteiger partial charge is 0.410 e. The van der Waals surface area contributed by atoms with Gasteiger partial charge in [-0.25, -0.2) is 4.79 Å². The largest absolute Gasteiger partial charge is 0.444 e. The molecule has 3 fully saturated rings. The minimum Gasteiger partial charge on any atom is -0.444 e. The van der Waals surface area contributed by atoms with Crippen LogP contribution in [0.25, 0.3) is 0 Å². The van der Waals surface area contributed by atoms with E-state index in [1.807, 2.05) is 25.7 Å². The standard InChI is InChI=1S/C17H30N2O3/c1-16(2,3)22-15(20)19-9-8-17(12-19)14(7-10-21-17)18-11-13-5-4-6-13/h13-14,18H,4-12H2,1-3H3. The van der Waals surface area contributed by atoms with E-state index in [-0.39, 0.29) is 11.7 Å². The fourth-order valence-electron chi connectivity index (χ4n) is 3.73. The van der Waals surface area contributed by atoms with Crippen LogP contribution in [0.5, 0.6) is 0 Å². The topological polar surface area (TPSA) is 50.8 Å². The number of rotatable bonds is 3. The molecule has 1 aliphatic carbocycles. The third-order valence-corrected chi connectivity index (χ3v) is 5.22. The number of carbonyl (C=O) groups excluding carboxylic acids is 1. The molecule has 2 atom stereocenters. The molecule has 126 valence electrons. The summed E-state index contributed by atoms with van der Waals surface area (Å²) >= 11 is 0. The molecule has 2 unspecified atom stereocenters. The van der Waals surface area contributed by atoms with Crippen molar-refractivity contribution in [1.82, 2.24) is 10.2 Å². The predicted molar refractivity (Wildman–Crippen MR) is 84.9 cm³/mol. The first-order valence-corrected chi connectivity index (χ1v) is 8.73. The SMILES string of the molecule is CC(C)(C)OC(=O)N1CCC2(C1)OCCC2NCC1CCC1. The molecular weight excluding hydrogens is 280 g/mol. The molecule has 1 spiro atoms. The van der Waals surface area contributed by atoms with E-state index in [1.54, 1.807) is 0 Å². The van der Waals surface area contributed by atoms with E-state index in [1.165, 1.54) is 19.3 Å². The normalized spacial score (nSPS) is 32.5. The number of likely N-dealkylation sites (tertiary alicyclic amines) is 1. The maximum Gasteiger partial charge on any atom is 0.410 e. The Morgan fingerprint density at radius 2 is 2.14 bits per heavy atom. The summed E-state index contributed by atoms with van der Waals surface area (Å²) in [5.41, 5.74) is -0.633. The van der Waals surface area contributed by atoms with Crippen LogP contribution < -0.4 is 5.32 Å². The lowest BCUT2D eigenvalue weighted by atomic mass is 9.84. The average Bonchev–Trinajstić information content (AvgIpc) is 2.94. The van der Waals surface area contributed by atoms with Crippen LogP contribution in [0.1, 0.15) is 52.9 Å². The van der Waals surface area contributed by atoms with Crippen LogP contribution in [0.3, 0.4) is 0 Å². The number of amides is 1. The molecule has 1 N–H and O–H groups in total. The molecule has 2 aliphatic heterocycles. The summed E-state index contributed by atoms with van der Waals surface area (Å²) in [6, 6.07) is 0.375. The van der Waals surface area contributed by atoms with Gasteiger partial charge in [-0.1, -0.05) is 6.42 Å². The second-order valence-corrected chi connectivity index (χ2v) is 8.11. The van der Waals surface area contributed by atoms with E-state index in [0.717, 1.165) is 38.5 Å². The molecule has 2 heterocycles. The van der Waals surface area contributed by atoms with Gasteiger partial charge in [0.25, 0.3) is 0 Å². The van der Waals surface area contributed by atoms with Crippen LogP contribution in [0.15, 0.2) is 0 Å². The van der Waals surface area contributed by atoms with Crippen LogP contribution in [-0.2, 0) is 9.47 Å². The van der Waals surface area contributed by atoms with Gasteiger partial charge in [0.15, 0.2) is 0 Å². The van der Waals surface area contributed by atoms with E-state index in [4.69, 9.17) is 9.47 Å². The van der Waals surface area contributed by atoms with Crippen molar-refractivity contribution in [2.24, 2.45) is 5.92 Å². The minimum atomic E-state index is -0.439. The summed E-state index contributed by atoms with van der Waals surface area (Å²) in [5, 5.41) is 3.72. The van der Waals surface area contributed by atoms with Gasteiger partial charge in [0, 0.05) is 19.2 Å². The summed E-state index contributed by atoms with van der Waals surface area (Å²) in [4.78, 5) is 14.1. The second kappa shape index (κ2) is 6.00. The van der Waals surface area contributed by atoms with Crippen LogP contribution in [0.4, 0.5) is 4.79 Å². The highest BCUT2D eigenvalue weighted by atomic mass is 16.6. The van der Waals surface area contributed by atoms with Crippen molar-refractivity contribution in [1.29, 1.82) is 0 Å². The third-order valence-electron chi connectivity index (χ3n) is 5.22. The molecule has 3 aliphatic rings. The lowest BCUT2D eigenvalue weighted by Crippen LogP contribution is -2.51. The number of nitrogens with zero attached hydrogens (tertiary/aromatic N) is 1. The van der Waals surface area contributed by atoms with Gasteiger partial charge in [0.05, 0.1) is 6.54 Å². The highest BCUT2D eigenvalue weighted by Crippen LogP contribution is 2.36. The Balaban J connectivity index is 1.55. The molecule has 0 radical (unpaired) electrons. The summed E-state index contributed by atoms with van der Waals surface area (Å²) in [5.74, 6) is 0.848. The van der Waals surface area contributed by atoms with E-state index in [9.17, 15) is 4.79 Å². The number of hydrogen-bond acceptors (Lipinski definition) is 4. The summed E-state index contributed by atoms with van der Waals surface area (Å²) in [7, 11) is 0. The van der Waals surface area contributed by atoms with Crippen molar-refractivity contribution in [2.45, 2.75) is 70.1 Å². The Hall–Kier alpha value is -0.810. The number of carbonyl (C=O) groups is 1. The lowest BCUT2D eigenvalue weighted by molar-refractivity contribution is -0.0105. The van der Waals surface area contributed by atoms with Crippen molar-refractivity contribution < 1.29 is 14.3 Å². The predicted octanol–water partition coefficient (Wildman–Crippen LogP) is 2.54. The molecule has 0 aromatic heterocycles. The lowest BCUT2D eigenvalue weighted by Gasteiger charge is -2.34. The molecule has 2 saturated heterocycles. The summed E-state index contributed by atoms with van der Waals surface area (Å²) in [6.45, 7) is 9.01. The molecular formula is C17H30N2O3. The quantitative estimate of drug-likeness (QED) is 0.870. The van der Waals surface area contributed by atoms with Crippen LogP contribution >= 0.6 is 0 Å². The maximum atomic E-state index is 12.3. The fraction of sp³-hybridized carbons (Fsp3) is 0.941. The highest BCUT2D eigenvalue weighted by Gasteiger charge is 2.50. The number of nitrogens with one attached hydrogen (secondary N) is 1. The Bertz CT molecular complexity index is 417. The first-order valence-electron chi connectivity index (χ1n) is 8.73. The zero-order valence-corrected chi connectivity index (χ0v) is 14.2. The summed E-state index contributed by atoms with van der Waals surface area (Å²) in [6.07, 6.45) is 5.85. The molecule has 1 saturated carbocycles. The number of hydrogen-bond donors (Lipinski definition) is 1. The second-order valence-electron chi connectivity index (χ2n) is 8.11. The first-order chi connectivity index (χ1) is 10.4. The monoisotopic (exact) mass is 310 g/mol. The Labute approximate surface area is 133 Å². The molecule has 1 amide bonds. The van der Waals surface area contributed by atoms with Crippen molar-refractivity contribution in [3.63, 3.8) is 0 Å². The van der Waals surface area contributed by atoms with Gasteiger partial charge in [-0.2, -0.15) is 0 Å². The number of ether oxygens (including phenoxy) is 2. The highest BCUT2D eigenvalue weighted by molar-refractivity contribution is 5.68. The molecule has 0 aromatic carbocycles. The van der Waals surface area contributed by atoms with E-state index < -0.39 is 5.60 Å². The Morgan fingerprint density at radius 3 is 2.77 bits per heavy atom. The Kier molecular flexibility index (Phi) is 4.38. The van der Waals surface area contributed by atoms with Gasteiger partial charge in [0.2, 0.25) is 0 Å². The van der Waals surface area contributed by atoms with Crippen LogP contribution in [0.2, 0.25) is 0 Å². The van der Waals surface area contributed by atoms with E-state index in [0.29, 0.717) is 12.6 Å². The van der Waals surface area contributed by atoms with Crippen molar-refractivity contribution in [3.8, 4) is 0 Å². The summed E-state index contributed by atoms with van der Waals surface area (Å²) < 4.78 is 11.6. The first kappa shape index (κ1) is 16.1. The zero-order chi connectivity index (χ0) is 15.8. The molecule has 22 heavy (non-hydrogen) atoms. The minimum absolute atomic E-state index is 0.194. The zero-order valence-electron chi connectivity index (χ0n) is 14.2. The fourth-order valence-corrected chi connectivity index (χ4v) is 3.73. The Morgan fingerprint density at radius 1 is 1.36 bits per heavy atom. The van der Waals surface area contributed by atoms with Gasteiger partial charge in [-0.3, -0.25) is 0 Å². The van der Waals surface area contributed by atoms with Crippen LogP contribution in [0, 0.1) is 5.92 Å². The van der Waals surface area contributed by atoms with E-state index >= 15 is 0 Å². The molecule has 0 aromatic rings. The van der Waals surface area contributed by atoms with Crippen molar-refractivity contribution >= 4 is 6.09 Å². The third kappa shape index (κ3) is 3.40. The van der Waals surface area contributed by atoms with Gasteiger partial charge >= 0.3 is 6.09 Å². The van der Waals surface area contributed by atoms with Gasteiger partial charge in [-0.05, 0) is 58.9 Å². The molecule has 5 heteroatoms.